The van der Waals surface area contributed by atoms with Crippen LogP contribution in [0.3, 0.4) is 0 Å². The SMILES string of the molecule is Cc1ccc(-c2c3cc(OC(F)(F)F)ccc3c(-c3ccc(OC(F)(F)F)cc3)c3c(-c4ccc(C)cc4)c4cc(OC(F)(F)F)ccc4c(-c4ccc(OC(F)(F)F)cc4)c23)cc1. The van der Waals surface area contributed by atoms with Gasteiger partial charge in [0.05, 0.1) is 0 Å². The summed E-state index contributed by atoms with van der Waals surface area (Å²) in [5.74, 6) is -2.50. The van der Waals surface area contributed by atoms with Crippen molar-refractivity contribution in [1.29, 1.82) is 0 Å². The molecule has 0 radical (unpaired) electrons. The van der Waals surface area contributed by atoms with E-state index in [4.69, 9.17) is 0 Å². The van der Waals surface area contributed by atoms with Crippen LogP contribution < -0.4 is 18.9 Å². The summed E-state index contributed by atoms with van der Waals surface area (Å²) in [7, 11) is 0. The number of benzene rings is 8. The number of hydrogen-bond donors (Lipinski definition) is 0. The van der Waals surface area contributed by atoms with Crippen LogP contribution in [0.4, 0.5) is 52.7 Å². The fourth-order valence-corrected chi connectivity index (χ4v) is 7.87. The summed E-state index contributed by atoms with van der Waals surface area (Å²) in [5, 5.41) is 1.24. The molecule has 8 rings (SSSR count). The molecule has 0 bridgehead atoms. The van der Waals surface area contributed by atoms with Crippen molar-refractivity contribution in [2.45, 2.75) is 39.3 Å². The molecular formula is C48H28F12O4. The minimum absolute atomic E-state index is 0.133. The van der Waals surface area contributed by atoms with Crippen LogP contribution in [-0.2, 0) is 0 Å². The zero-order valence-electron chi connectivity index (χ0n) is 32.9. The van der Waals surface area contributed by atoms with Crippen LogP contribution in [0.2, 0.25) is 0 Å². The number of hydrogen-bond acceptors (Lipinski definition) is 4. The van der Waals surface area contributed by atoms with E-state index in [1.165, 1.54) is 36.4 Å². The molecule has 328 valence electrons. The lowest BCUT2D eigenvalue weighted by Gasteiger charge is -2.26. The molecule has 64 heavy (non-hydrogen) atoms. The maximum absolute atomic E-state index is 13.9. The second-order valence-electron chi connectivity index (χ2n) is 14.6. The highest BCUT2D eigenvalue weighted by atomic mass is 19.4. The Morgan fingerprint density at radius 1 is 0.281 bits per heavy atom. The van der Waals surface area contributed by atoms with Crippen molar-refractivity contribution in [1.82, 2.24) is 0 Å². The molecule has 0 fully saturated rings. The van der Waals surface area contributed by atoms with Crippen molar-refractivity contribution in [3.8, 4) is 67.5 Å². The van der Waals surface area contributed by atoms with Crippen LogP contribution >= 0.6 is 0 Å². The molecule has 8 aromatic rings. The third kappa shape index (κ3) is 9.31. The summed E-state index contributed by atoms with van der Waals surface area (Å²) in [6, 6.07) is 30.0. The minimum atomic E-state index is -5.15. The topological polar surface area (TPSA) is 36.9 Å². The predicted octanol–water partition coefficient (Wildman–Crippen LogP) is 16.0. The molecule has 0 saturated heterocycles. The Bertz CT molecular complexity index is 2820. The van der Waals surface area contributed by atoms with Gasteiger partial charge in [-0.05, 0) is 139 Å². The molecular weight excluding hydrogens is 868 g/mol. The molecule has 0 aliphatic rings. The smallest absolute Gasteiger partial charge is 0.406 e. The van der Waals surface area contributed by atoms with Crippen LogP contribution in [0.25, 0.3) is 76.8 Å². The van der Waals surface area contributed by atoms with Crippen LogP contribution in [0, 0.1) is 13.8 Å². The average Bonchev–Trinajstić information content (AvgIpc) is 3.18. The first-order valence-corrected chi connectivity index (χ1v) is 18.9. The van der Waals surface area contributed by atoms with Gasteiger partial charge in [0, 0.05) is 0 Å². The van der Waals surface area contributed by atoms with E-state index in [1.807, 2.05) is 0 Å². The van der Waals surface area contributed by atoms with Crippen LogP contribution in [0.5, 0.6) is 23.0 Å². The molecule has 0 amide bonds. The number of fused-ring (bicyclic) bond motifs is 3. The third-order valence-corrected chi connectivity index (χ3v) is 10.2. The monoisotopic (exact) mass is 896 g/mol. The van der Waals surface area contributed by atoms with E-state index >= 15 is 0 Å². The van der Waals surface area contributed by atoms with Crippen LogP contribution in [-0.4, -0.2) is 25.4 Å². The number of rotatable bonds is 8. The van der Waals surface area contributed by atoms with Gasteiger partial charge in [-0.2, -0.15) is 0 Å². The second-order valence-corrected chi connectivity index (χ2v) is 14.6. The maximum Gasteiger partial charge on any atom is 0.573 e. The average molecular weight is 897 g/mol. The van der Waals surface area contributed by atoms with Gasteiger partial charge in [-0.3, -0.25) is 0 Å². The zero-order valence-corrected chi connectivity index (χ0v) is 32.9. The van der Waals surface area contributed by atoms with Crippen molar-refractivity contribution < 1.29 is 71.6 Å². The molecule has 0 atom stereocenters. The van der Waals surface area contributed by atoms with E-state index in [0.29, 0.717) is 11.1 Å². The number of halogens is 12. The molecule has 0 aromatic heterocycles. The largest absolute Gasteiger partial charge is 0.573 e. The summed E-state index contributed by atoms with van der Waals surface area (Å²) >= 11 is 0. The van der Waals surface area contributed by atoms with E-state index < -0.39 is 48.4 Å². The highest BCUT2D eigenvalue weighted by Gasteiger charge is 2.35. The lowest BCUT2D eigenvalue weighted by Crippen LogP contribution is -2.17. The first-order chi connectivity index (χ1) is 30.0. The lowest BCUT2D eigenvalue weighted by atomic mass is 9.77. The Morgan fingerprint density at radius 3 is 0.797 bits per heavy atom. The number of alkyl halides is 12. The lowest BCUT2D eigenvalue weighted by molar-refractivity contribution is -0.275. The fraction of sp³-hybridized carbons (Fsp3) is 0.125. The molecule has 0 unspecified atom stereocenters. The zero-order chi connectivity index (χ0) is 45.9. The van der Waals surface area contributed by atoms with Crippen molar-refractivity contribution in [2.24, 2.45) is 0 Å². The van der Waals surface area contributed by atoms with Gasteiger partial charge >= 0.3 is 25.4 Å². The number of ether oxygens (including phenoxy) is 4. The van der Waals surface area contributed by atoms with Gasteiger partial charge in [0.1, 0.15) is 23.0 Å². The van der Waals surface area contributed by atoms with Crippen LogP contribution in [0.15, 0.2) is 133 Å². The highest BCUT2D eigenvalue weighted by molar-refractivity contribution is 6.34. The maximum atomic E-state index is 13.9. The normalized spacial score (nSPS) is 12.5. The van der Waals surface area contributed by atoms with Crippen LogP contribution in [0.1, 0.15) is 11.1 Å². The molecule has 0 N–H and O–H groups in total. The summed E-state index contributed by atoms with van der Waals surface area (Å²) < 4.78 is 181. The Labute approximate surface area is 354 Å². The Kier molecular flexibility index (Phi) is 10.8. The summed E-state index contributed by atoms with van der Waals surface area (Å²) in [6.07, 6.45) is -20.5. The van der Waals surface area contributed by atoms with Gasteiger partial charge in [0.15, 0.2) is 0 Å². The molecule has 4 nitrogen and oxygen atoms in total. The van der Waals surface area contributed by atoms with Gasteiger partial charge in [0.25, 0.3) is 0 Å². The van der Waals surface area contributed by atoms with Gasteiger partial charge in [-0.1, -0.05) is 96.1 Å². The standard InChI is InChI=1S/C48H28F12O4/c1-25-3-7-27(8-4-25)41-37-23-33(63-47(55,56)57)19-21-35(37)40(30-13-17-32(18-14-30)62-46(52,53)54)44-42(28-9-5-26(2)6-10-28)38-24-34(64-48(58,59)60)20-22-36(38)39(43(41)44)29-11-15-31(16-12-29)61-45(49,50)51/h3-24H,1-2H3. The summed E-state index contributed by atoms with van der Waals surface area (Å²) in [4.78, 5) is 0. The van der Waals surface area contributed by atoms with Crippen molar-refractivity contribution in [3.05, 3.63) is 145 Å². The Morgan fingerprint density at radius 2 is 0.516 bits per heavy atom. The van der Waals surface area contributed by atoms with E-state index in [1.54, 1.807) is 62.4 Å². The van der Waals surface area contributed by atoms with E-state index in [2.05, 4.69) is 18.9 Å². The van der Waals surface area contributed by atoms with Gasteiger partial charge in [-0.25, -0.2) is 0 Å². The fourth-order valence-electron chi connectivity index (χ4n) is 7.87. The van der Waals surface area contributed by atoms with E-state index in [-0.39, 0.29) is 65.7 Å². The molecule has 0 aliphatic heterocycles. The highest BCUT2D eigenvalue weighted by Crippen LogP contribution is 2.55. The van der Waals surface area contributed by atoms with Crippen molar-refractivity contribution in [2.75, 3.05) is 0 Å². The minimum Gasteiger partial charge on any atom is -0.406 e. The quantitative estimate of drug-likeness (QED) is 0.112. The van der Waals surface area contributed by atoms with Gasteiger partial charge in [0.2, 0.25) is 0 Å². The summed E-state index contributed by atoms with van der Waals surface area (Å²) in [6.45, 7) is 3.59. The molecule has 0 saturated carbocycles. The summed E-state index contributed by atoms with van der Waals surface area (Å²) in [5.41, 5.74) is 3.78. The molecule has 0 heterocycles. The second kappa shape index (κ2) is 15.9. The Balaban J connectivity index is 1.67. The van der Waals surface area contributed by atoms with Crippen molar-refractivity contribution >= 4 is 32.3 Å². The first-order valence-electron chi connectivity index (χ1n) is 18.9. The predicted molar refractivity (Wildman–Crippen MR) is 217 cm³/mol. The van der Waals surface area contributed by atoms with Crippen molar-refractivity contribution in [3.63, 3.8) is 0 Å². The third-order valence-electron chi connectivity index (χ3n) is 10.2. The molecule has 0 spiro atoms. The van der Waals surface area contributed by atoms with E-state index in [0.717, 1.165) is 59.7 Å². The Hall–Kier alpha value is -7.10. The van der Waals surface area contributed by atoms with E-state index in [9.17, 15) is 52.7 Å². The first kappa shape index (κ1) is 43.5. The van der Waals surface area contributed by atoms with Gasteiger partial charge in [-0.15, -0.1) is 52.7 Å². The number of aryl methyl sites for hydroxylation is 2. The molecule has 8 aromatic carbocycles. The van der Waals surface area contributed by atoms with Gasteiger partial charge < -0.3 is 18.9 Å². The molecule has 16 heteroatoms. The molecule has 0 aliphatic carbocycles.